The Hall–Kier alpha value is -1.48. The lowest BCUT2D eigenvalue weighted by Crippen LogP contribution is -2.43. The number of aliphatic hydroxyl groups excluding tert-OH is 3. The van der Waals surface area contributed by atoms with E-state index in [1.165, 1.54) is 6.92 Å². The summed E-state index contributed by atoms with van der Waals surface area (Å²) in [5, 5.41) is 28.8. The highest BCUT2D eigenvalue weighted by Gasteiger charge is 2.51. The van der Waals surface area contributed by atoms with Crippen LogP contribution in [0, 0.1) is 0 Å². The van der Waals surface area contributed by atoms with Crippen LogP contribution in [0.3, 0.4) is 0 Å². The second kappa shape index (κ2) is 4.32. The number of hydrogen-bond acceptors (Lipinski definition) is 6. The van der Waals surface area contributed by atoms with Crippen LogP contribution in [0.5, 0.6) is 0 Å². The van der Waals surface area contributed by atoms with Gasteiger partial charge in [-0.15, -0.1) is 0 Å². The first kappa shape index (κ1) is 13.0. The highest BCUT2D eigenvalue weighted by atomic mass is 16.6. The van der Waals surface area contributed by atoms with Gasteiger partial charge in [0.2, 0.25) is 0 Å². The molecule has 1 fully saturated rings. The molecule has 2 heterocycles. The molecule has 0 spiro atoms. The third-order valence-electron chi connectivity index (χ3n) is 3.07. The fourth-order valence-corrected chi connectivity index (χ4v) is 1.91. The molecule has 4 N–H and O–H groups in total. The van der Waals surface area contributed by atoms with Gasteiger partial charge in [-0.1, -0.05) is 0 Å². The molecule has 0 unspecified atom stereocenters. The number of aromatic nitrogens is 2. The number of aromatic amines is 1. The van der Waals surface area contributed by atoms with Crippen LogP contribution in [0.2, 0.25) is 0 Å². The van der Waals surface area contributed by atoms with E-state index >= 15 is 0 Å². The van der Waals surface area contributed by atoms with Crippen molar-refractivity contribution in [2.24, 2.45) is 0 Å². The molecule has 8 heteroatoms. The Morgan fingerprint density at radius 1 is 1.50 bits per heavy atom. The number of hydrogen-bond donors (Lipinski definition) is 4. The van der Waals surface area contributed by atoms with Crippen LogP contribution < -0.4 is 11.2 Å². The summed E-state index contributed by atoms with van der Waals surface area (Å²) in [5.74, 6) is 0. The van der Waals surface area contributed by atoms with Crippen molar-refractivity contribution in [2.75, 3.05) is 6.61 Å². The smallest absolute Gasteiger partial charge is 0.330 e. The van der Waals surface area contributed by atoms with Gasteiger partial charge in [-0.05, 0) is 6.92 Å². The lowest BCUT2D eigenvalue weighted by atomic mass is 9.99. The minimum absolute atomic E-state index is 0.514. The average molecular weight is 258 g/mol. The average Bonchev–Trinajstić information content (AvgIpc) is 2.55. The van der Waals surface area contributed by atoms with Gasteiger partial charge in [0.25, 0.3) is 5.56 Å². The fraction of sp³-hybridized carbons (Fsp3) is 0.600. The molecule has 100 valence electrons. The van der Waals surface area contributed by atoms with Crippen LogP contribution in [0.4, 0.5) is 0 Å². The predicted octanol–water partition coefficient (Wildman–Crippen LogP) is -2.46. The van der Waals surface area contributed by atoms with E-state index < -0.39 is 41.9 Å². The number of H-pyrrole nitrogens is 1. The van der Waals surface area contributed by atoms with Gasteiger partial charge >= 0.3 is 5.69 Å². The summed E-state index contributed by atoms with van der Waals surface area (Å²) >= 11 is 0. The van der Waals surface area contributed by atoms with Crippen LogP contribution >= 0.6 is 0 Å². The van der Waals surface area contributed by atoms with Gasteiger partial charge in [0.1, 0.15) is 17.8 Å². The molecule has 0 aliphatic carbocycles. The molecular formula is C10H14N2O6. The Morgan fingerprint density at radius 3 is 2.67 bits per heavy atom. The molecule has 18 heavy (non-hydrogen) atoms. The molecule has 2 rings (SSSR count). The molecule has 0 aromatic carbocycles. The summed E-state index contributed by atoms with van der Waals surface area (Å²) in [6, 6.07) is 1.10. The topological polar surface area (TPSA) is 125 Å². The largest absolute Gasteiger partial charge is 0.393 e. The third kappa shape index (κ3) is 1.89. The molecule has 0 amide bonds. The van der Waals surface area contributed by atoms with Crippen molar-refractivity contribution in [3.05, 3.63) is 33.1 Å². The van der Waals surface area contributed by atoms with Crippen LogP contribution in [-0.2, 0) is 4.74 Å². The molecule has 0 saturated carbocycles. The summed E-state index contributed by atoms with van der Waals surface area (Å²) in [6.07, 6.45) is -2.73. The van der Waals surface area contributed by atoms with Gasteiger partial charge < -0.3 is 20.1 Å². The third-order valence-corrected chi connectivity index (χ3v) is 3.07. The zero-order valence-corrected chi connectivity index (χ0v) is 9.61. The second-order valence-corrected chi connectivity index (χ2v) is 4.43. The van der Waals surface area contributed by atoms with Gasteiger partial charge in [-0.3, -0.25) is 14.3 Å². The van der Waals surface area contributed by atoms with Crippen molar-refractivity contribution < 1.29 is 20.1 Å². The Balaban J connectivity index is 2.41. The van der Waals surface area contributed by atoms with Crippen molar-refractivity contribution in [3.8, 4) is 0 Å². The lowest BCUT2D eigenvalue weighted by molar-refractivity contribution is -0.117. The highest BCUT2D eigenvalue weighted by Crippen LogP contribution is 2.35. The minimum Gasteiger partial charge on any atom is -0.393 e. The number of nitrogens with one attached hydrogen (secondary N) is 1. The van der Waals surface area contributed by atoms with Gasteiger partial charge in [0, 0.05) is 12.3 Å². The van der Waals surface area contributed by atoms with Crippen LogP contribution in [0.25, 0.3) is 0 Å². The van der Waals surface area contributed by atoms with E-state index in [1.54, 1.807) is 0 Å². The molecule has 0 radical (unpaired) electrons. The SMILES string of the molecule is C[C@@]1(CO)O[C@@H](n2ccc(=O)[nH]c2=O)[C@H](O)[C@@H]1O. The summed E-state index contributed by atoms with van der Waals surface area (Å²) in [7, 11) is 0. The normalized spacial score (nSPS) is 35.9. The van der Waals surface area contributed by atoms with E-state index in [2.05, 4.69) is 0 Å². The van der Waals surface area contributed by atoms with E-state index in [0.717, 1.165) is 16.8 Å². The highest BCUT2D eigenvalue weighted by molar-refractivity contribution is 4.99. The van der Waals surface area contributed by atoms with Crippen LogP contribution in [0.1, 0.15) is 13.2 Å². The molecule has 1 aliphatic heterocycles. The molecule has 1 saturated heterocycles. The number of aliphatic hydroxyl groups is 3. The van der Waals surface area contributed by atoms with Crippen LogP contribution in [-0.4, -0.2) is 49.3 Å². The van der Waals surface area contributed by atoms with Crippen LogP contribution in [0.15, 0.2) is 21.9 Å². The summed E-state index contributed by atoms with van der Waals surface area (Å²) in [5.41, 5.74) is -2.70. The van der Waals surface area contributed by atoms with Crippen molar-refractivity contribution in [1.29, 1.82) is 0 Å². The Labute approximate surface area is 101 Å². The lowest BCUT2D eigenvalue weighted by Gasteiger charge is -2.24. The first-order valence-electron chi connectivity index (χ1n) is 5.35. The van der Waals surface area contributed by atoms with Gasteiger partial charge in [0.05, 0.1) is 6.61 Å². The fourth-order valence-electron chi connectivity index (χ4n) is 1.91. The van der Waals surface area contributed by atoms with Crippen molar-refractivity contribution >= 4 is 0 Å². The summed E-state index contributed by atoms with van der Waals surface area (Å²) in [6.45, 7) is 0.900. The van der Waals surface area contributed by atoms with Gasteiger partial charge in [-0.2, -0.15) is 0 Å². The maximum atomic E-state index is 11.6. The summed E-state index contributed by atoms with van der Waals surface area (Å²) < 4.78 is 6.27. The van der Waals surface area contributed by atoms with E-state index in [1.807, 2.05) is 4.98 Å². The van der Waals surface area contributed by atoms with E-state index in [4.69, 9.17) is 9.84 Å². The van der Waals surface area contributed by atoms with Gasteiger partial charge in [-0.25, -0.2) is 4.79 Å². The Bertz CT molecular complexity index is 552. The number of ether oxygens (including phenoxy) is 1. The zero-order chi connectivity index (χ0) is 13.5. The minimum atomic E-state index is -1.38. The number of rotatable bonds is 2. The molecule has 1 aromatic rings. The predicted molar refractivity (Wildman–Crippen MR) is 58.9 cm³/mol. The van der Waals surface area contributed by atoms with Crippen molar-refractivity contribution in [1.82, 2.24) is 9.55 Å². The number of nitrogens with zero attached hydrogens (tertiary/aromatic N) is 1. The van der Waals surface area contributed by atoms with Gasteiger partial charge in [0.15, 0.2) is 6.23 Å². The summed E-state index contributed by atoms with van der Waals surface area (Å²) in [4.78, 5) is 24.5. The first-order chi connectivity index (χ1) is 8.39. The van der Waals surface area contributed by atoms with Crippen molar-refractivity contribution in [2.45, 2.75) is 31.0 Å². The van der Waals surface area contributed by atoms with E-state index in [-0.39, 0.29) is 0 Å². The quantitative estimate of drug-likeness (QED) is 0.466. The maximum Gasteiger partial charge on any atom is 0.330 e. The Kier molecular flexibility index (Phi) is 3.11. The van der Waals surface area contributed by atoms with E-state index in [0.29, 0.717) is 0 Å². The molecule has 1 aromatic heterocycles. The molecule has 4 atom stereocenters. The molecule has 1 aliphatic rings. The van der Waals surface area contributed by atoms with E-state index in [9.17, 15) is 19.8 Å². The molecule has 8 nitrogen and oxygen atoms in total. The standard InChI is InChI=1S/C10H14N2O6/c1-10(4-13)7(16)6(15)8(18-10)12-3-2-5(14)11-9(12)17/h2-3,6-8,13,15-16H,4H2,1H3,(H,11,14,17)/t6-,7+,8-,10+/m1/s1. The first-order valence-corrected chi connectivity index (χ1v) is 5.35. The Morgan fingerprint density at radius 2 is 2.17 bits per heavy atom. The molecule has 0 bridgehead atoms. The zero-order valence-electron chi connectivity index (χ0n) is 9.61. The molecular weight excluding hydrogens is 244 g/mol. The second-order valence-electron chi connectivity index (χ2n) is 4.43. The monoisotopic (exact) mass is 258 g/mol. The maximum absolute atomic E-state index is 11.6. The van der Waals surface area contributed by atoms with Crippen molar-refractivity contribution in [3.63, 3.8) is 0 Å².